The summed E-state index contributed by atoms with van der Waals surface area (Å²) in [5.74, 6) is -1.67. The Morgan fingerprint density at radius 1 is 1.24 bits per heavy atom. The standard InChI is InChI=1S/C19H20F3N3O4/c1-3-4-8-23-16(27)11-29-18(28)17-15(26)9-12(2)25(24-17)14-7-5-6-13(10-14)19(20,21)22/h5-7,9-10H,3-4,8,11H2,1-2H3,(H,23,27). The average molecular weight is 411 g/mol. The van der Waals surface area contributed by atoms with Crippen molar-refractivity contribution >= 4 is 11.9 Å². The zero-order chi connectivity index (χ0) is 21.6. The summed E-state index contributed by atoms with van der Waals surface area (Å²) in [5, 5.41) is 6.39. The quantitative estimate of drug-likeness (QED) is 0.559. The highest BCUT2D eigenvalue weighted by Crippen LogP contribution is 2.30. The maximum atomic E-state index is 13.0. The summed E-state index contributed by atoms with van der Waals surface area (Å²) < 4.78 is 44.7. The van der Waals surface area contributed by atoms with Gasteiger partial charge in [-0.25, -0.2) is 9.48 Å². The Morgan fingerprint density at radius 3 is 2.62 bits per heavy atom. The third-order valence-electron chi connectivity index (χ3n) is 3.91. The van der Waals surface area contributed by atoms with Crippen LogP contribution in [0.15, 0.2) is 35.1 Å². The predicted molar refractivity (Wildman–Crippen MR) is 97.8 cm³/mol. The topological polar surface area (TPSA) is 90.3 Å². The van der Waals surface area contributed by atoms with E-state index in [1.165, 1.54) is 19.1 Å². The third-order valence-corrected chi connectivity index (χ3v) is 3.91. The molecule has 0 aliphatic rings. The molecule has 156 valence electrons. The third kappa shape index (κ3) is 5.90. The van der Waals surface area contributed by atoms with E-state index in [-0.39, 0.29) is 11.4 Å². The minimum Gasteiger partial charge on any atom is -0.451 e. The number of aryl methyl sites for hydroxylation is 1. The Balaban J connectivity index is 2.24. The normalized spacial score (nSPS) is 11.2. The molecule has 0 saturated carbocycles. The Morgan fingerprint density at radius 2 is 1.97 bits per heavy atom. The number of ether oxygens (including phenoxy) is 1. The molecule has 0 aliphatic carbocycles. The second-order valence-corrected chi connectivity index (χ2v) is 6.24. The van der Waals surface area contributed by atoms with Gasteiger partial charge in [0.2, 0.25) is 11.1 Å². The van der Waals surface area contributed by atoms with Gasteiger partial charge in [-0.1, -0.05) is 19.4 Å². The zero-order valence-electron chi connectivity index (χ0n) is 15.9. The van der Waals surface area contributed by atoms with Crippen LogP contribution in [0, 0.1) is 6.92 Å². The van der Waals surface area contributed by atoms with Crippen LogP contribution in [0.5, 0.6) is 0 Å². The lowest BCUT2D eigenvalue weighted by atomic mass is 10.2. The van der Waals surface area contributed by atoms with Crippen molar-refractivity contribution in [1.29, 1.82) is 0 Å². The van der Waals surface area contributed by atoms with Gasteiger partial charge < -0.3 is 10.1 Å². The molecule has 0 spiro atoms. The molecule has 7 nitrogen and oxygen atoms in total. The Kier molecular flexibility index (Phi) is 7.13. The first-order valence-electron chi connectivity index (χ1n) is 8.86. The Labute approximate surface area is 164 Å². The smallest absolute Gasteiger partial charge is 0.416 e. The Hall–Kier alpha value is -3.17. The van der Waals surface area contributed by atoms with Crippen molar-refractivity contribution < 1.29 is 27.5 Å². The van der Waals surface area contributed by atoms with Crippen LogP contribution in [0.2, 0.25) is 0 Å². The van der Waals surface area contributed by atoms with Gasteiger partial charge in [0.25, 0.3) is 5.91 Å². The summed E-state index contributed by atoms with van der Waals surface area (Å²) in [6.07, 6.45) is -2.92. The number of rotatable bonds is 7. The summed E-state index contributed by atoms with van der Waals surface area (Å²) >= 11 is 0. The lowest BCUT2D eigenvalue weighted by Gasteiger charge is -2.13. The van der Waals surface area contributed by atoms with Crippen molar-refractivity contribution in [3.05, 3.63) is 57.5 Å². The van der Waals surface area contributed by atoms with Crippen LogP contribution in [0.4, 0.5) is 13.2 Å². The average Bonchev–Trinajstić information content (AvgIpc) is 2.66. The lowest BCUT2D eigenvalue weighted by Crippen LogP contribution is -2.31. The molecule has 1 N–H and O–H groups in total. The number of amides is 1. The number of aromatic nitrogens is 2. The number of esters is 1. The number of benzene rings is 1. The molecule has 2 aromatic rings. The van der Waals surface area contributed by atoms with Crippen molar-refractivity contribution in [2.45, 2.75) is 32.9 Å². The monoisotopic (exact) mass is 411 g/mol. The maximum Gasteiger partial charge on any atom is 0.416 e. The van der Waals surface area contributed by atoms with E-state index in [4.69, 9.17) is 4.74 Å². The summed E-state index contributed by atoms with van der Waals surface area (Å²) in [5.41, 5.74) is -2.05. The van der Waals surface area contributed by atoms with Crippen molar-refractivity contribution in [2.75, 3.05) is 13.2 Å². The molecule has 1 amide bonds. The highest BCUT2D eigenvalue weighted by molar-refractivity contribution is 5.89. The molecule has 29 heavy (non-hydrogen) atoms. The number of halogens is 3. The Bertz CT molecular complexity index is 954. The number of carbonyl (C=O) groups excluding carboxylic acids is 2. The maximum absolute atomic E-state index is 13.0. The van der Waals surface area contributed by atoms with E-state index < -0.39 is 41.3 Å². The van der Waals surface area contributed by atoms with Crippen molar-refractivity contribution in [2.24, 2.45) is 0 Å². The summed E-state index contributed by atoms with van der Waals surface area (Å²) in [4.78, 5) is 35.9. The van der Waals surface area contributed by atoms with E-state index in [9.17, 15) is 27.6 Å². The first-order chi connectivity index (χ1) is 13.6. The zero-order valence-corrected chi connectivity index (χ0v) is 15.9. The van der Waals surface area contributed by atoms with E-state index in [1.807, 2.05) is 6.92 Å². The van der Waals surface area contributed by atoms with E-state index >= 15 is 0 Å². The molecule has 0 unspecified atom stereocenters. The second-order valence-electron chi connectivity index (χ2n) is 6.24. The molecule has 2 rings (SSSR count). The van der Waals surface area contributed by atoms with E-state index in [0.717, 1.165) is 35.7 Å². The van der Waals surface area contributed by atoms with Gasteiger partial charge in [-0.3, -0.25) is 9.59 Å². The van der Waals surface area contributed by atoms with Gasteiger partial charge in [-0.2, -0.15) is 18.3 Å². The molecular weight excluding hydrogens is 391 g/mol. The molecule has 1 aromatic heterocycles. The number of alkyl halides is 3. The van der Waals surface area contributed by atoms with Gasteiger partial charge in [0.05, 0.1) is 11.3 Å². The van der Waals surface area contributed by atoms with Crippen LogP contribution in [0.1, 0.15) is 41.5 Å². The van der Waals surface area contributed by atoms with Crippen LogP contribution >= 0.6 is 0 Å². The highest BCUT2D eigenvalue weighted by atomic mass is 19.4. The van der Waals surface area contributed by atoms with Crippen LogP contribution in [0.3, 0.4) is 0 Å². The van der Waals surface area contributed by atoms with E-state index in [0.29, 0.717) is 6.54 Å². The minimum absolute atomic E-state index is 0.0173. The van der Waals surface area contributed by atoms with Crippen molar-refractivity contribution in [1.82, 2.24) is 15.1 Å². The molecule has 1 heterocycles. The molecule has 0 aliphatic heterocycles. The predicted octanol–water partition coefficient (Wildman–Crippen LogP) is 2.63. The van der Waals surface area contributed by atoms with E-state index in [2.05, 4.69) is 10.4 Å². The molecule has 0 saturated heterocycles. The van der Waals surface area contributed by atoms with Gasteiger partial charge in [0, 0.05) is 18.3 Å². The molecule has 0 atom stereocenters. The summed E-state index contributed by atoms with van der Waals surface area (Å²) in [7, 11) is 0. The fraction of sp³-hybridized carbons (Fsp3) is 0.368. The number of unbranched alkanes of at least 4 members (excludes halogenated alkanes) is 1. The molecule has 0 bridgehead atoms. The van der Waals surface area contributed by atoms with Gasteiger partial charge in [-0.15, -0.1) is 0 Å². The fourth-order valence-corrected chi connectivity index (χ4v) is 2.42. The first-order valence-corrected chi connectivity index (χ1v) is 8.86. The van der Waals surface area contributed by atoms with Crippen LogP contribution in [-0.4, -0.2) is 34.8 Å². The van der Waals surface area contributed by atoms with Crippen molar-refractivity contribution in [3.8, 4) is 5.69 Å². The summed E-state index contributed by atoms with van der Waals surface area (Å²) in [6.45, 7) is 3.24. The fourth-order valence-electron chi connectivity index (χ4n) is 2.42. The molecule has 1 aromatic carbocycles. The van der Waals surface area contributed by atoms with Crippen molar-refractivity contribution in [3.63, 3.8) is 0 Å². The number of hydrogen-bond donors (Lipinski definition) is 1. The number of nitrogens with zero attached hydrogens (tertiary/aromatic N) is 2. The van der Waals surface area contributed by atoms with Crippen LogP contribution in [0.25, 0.3) is 5.69 Å². The second kappa shape index (κ2) is 9.35. The van der Waals surface area contributed by atoms with Crippen LogP contribution in [-0.2, 0) is 15.7 Å². The van der Waals surface area contributed by atoms with Gasteiger partial charge in [-0.05, 0) is 31.5 Å². The van der Waals surface area contributed by atoms with Gasteiger partial charge in [0.1, 0.15) is 0 Å². The molecule has 10 heteroatoms. The minimum atomic E-state index is -4.56. The largest absolute Gasteiger partial charge is 0.451 e. The number of nitrogens with one attached hydrogen (secondary N) is 1. The molecule has 0 fully saturated rings. The highest BCUT2D eigenvalue weighted by Gasteiger charge is 2.30. The molecular formula is C19H20F3N3O4. The van der Waals surface area contributed by atoms with E-state index in [1.54, 1.807) is 0 Å². The summed E-state index contributed by atoms with van der Waals surface area (Å²) in [6, 6.07) is 5.35. The van der Waals surface area contributed by atoms with Gasteiger partial charge >= 0.3 is 12.1 Å². The number of hydrogen-bond acceptors (Lipinski definition) is 5. The van der Waals surface area contributed by atoms with Crippen LogP contribution < -0.4 is 10.7 Å². The van der Waals surface area contributed by atoms with Gasteiger partial charge in [0.15, 0.2) is 6.61 Å². The lowest BCUT2D eigenvalue weighted by molar-refractivity contribution is -0.137. The molecule has 0 radical (unpaired) electrons. The first kappa shape index (κ1) is 22.1. The SMILES string of the molecule is CCCCNC(=O)COC(=O)c1nn(-c2cccc(C(F)(F)F)c2)c(C)cc1=O. The number of carbonyl (C=O) groups is 2.